The molecule has 7 heteroatoms. The molecule has 0 radical (unpaired) electrons. The first kappa shape index (κ1) is 21.4. The summed E-state index contributed by atoms with van der Waals surface area (Å²) in [5.41, 5.74) is 5.33. The molecule has 6 nitrogen and oxygen atoms in total. The van der Waals surface area contributed by atoms with E-state index < -0.39 is 5.97 Å². The number of benzene rings is 2. The summed E-state index contributed by atoms with van der Waals surface area (Å²) in [4.78, 5) is 28.7. The number of carbonyl (C=O) groups excluding carboxylic acids is 2. The first-order valence-electron chi connectivity index (χ1n) is 9.61. The zero-order valence-electron chi connectivity index (χ0n) is 17.4. The van der Waals surface area contributed by atoms with Gasteiger partial charge >= 0.3 is 5.97 Å². The van der Waals surface area contributed by atoms with Crippen molar-refractivity contribution in [2.24, 2.45) is 0 Å². The highest BCUT2D eigenvalue weighted by Gasteiger charge is 2.17. The average molecular weight is 410 g/mol. The van der Waals surface area contributed by atoms with Crippen molar-refractivity contribution in [1.29, 1.82) is 0 Å². The van der Waals surface area contributed by atoms with Gasteiger partial charge < -0.3 is 9.26 Å². The zero-order chi connectivity index (χ0) is 21.8. The fourth-order valence-electron chi connectivity index (χ4n) is 3.08. The Hall–Kier alpha value is -3.35. The zero-order valence-corrected chi connectivity index (χ0v) is 17.4. The molecule has 0 unspecified atom stereocenters. The third kappa shape index (κ3) is 4.79. The molecule has 0 N–H and O–H groups in total. The van der Waals surface area contributed by atoms with Gasteiger partial charge in [0.2, 0.25) is 17.5 Å². The Labute approximate surface area is 174 Å². The van der Waals surface area contributed by atoms with Crippen LogP contribution in [0.4, 0.5) is 4.39 Å². The number of hydrogen-bond acceptors (Lipinski definition) is 6. The first-order chi connectivity index (χ1) is 14.3. The first-order valence-corrected chi connectivity index (χ1v) is 9.61. The van der Waals surface area contributed by atoms with Gasteiger partial charge in [-0.15, -0.1) is 0 Å². The minimum Gasteiger partial charge on any atom is -0.457 e. The van der Waals surface area contributed by atoms with Crippen LogP contribution in [0.2, 0.25) is 0 Å². The van der Waals surface area contributed by atoms with E-state index in [1.807, 2.05) is 33.8 Å². The van der Waals surface area contributed by atoms with Gasteiger partial charge in [-0.05, 0) is 80.3 Å². The average Bonchev–Trinajstić information content (AvgIpc) is 3.21. The molecule has 2 aromatic carbocycles. The van der Waals surface area contributed by atoms with Crippen molar-refractivity contribution < 1.29 is 23.2 Å². The number of hydrogen-bond donors (Lipinski definition) is 0. The Morgan fingerprint density at radius 1 is 1.03 bits per heavy atom. The van der Waals surface area contributed by atoms with Gasteiger partial charge in [-0.3, -0.25) is 9.59 Å². The molecular weight excluding hydrogens is 387 g/mol. The molecular formula is C23H23FN2O4. The molecule has 0 saturated heterocycles. The molecule has 3 aromatic rings. The quantitative estimate of drug-likeness (QED) is 0.422. The molecule has 0 aliphatic carbocycles. The second kappa shape index (κ2) is 8.98. The molecule has 156 valence electrons. The lowest BCUT2D eigenvalue weighted by atomic mass is 9.93. The maximum absolute atomic E-state index is 13.0. The van der Waals surface area contributed by atoms with Gasteiger partial charge in [0.25, 0.3) is 0 Å². The van der Waals surface area contributed by atoms with Gasteiger partial charge in [0.15, 0.2) is 6.61 Å². The summed E-state index contributed by atoms with van der Waals surface area (Å²) >= 11 is 0. The van der Waals surface area contributed by atoms with Gasteiger partial charge in [-0.1, -0.05) is 5.16 Å². The number of Topliss-reactive ketones (excluding diaryl/α,β-unsaturated/α-hetero) is 1. The molecule has 3 rings (SSSR count). The lowest BCUT2D eigenvalue weighted by Crippen LogP contribution is -2.16. The van der Waals surface area contributed by atoms with Crippen molar-refractivity contribution >= 4 is 11.8 Å². The van der Waals surface area contributed by atoms with Gasteiger partial charge in [-0.25, -0.2) is 4.39 Å². The smallest absolute Gasteiger partial charge is 0.306 e. The van der Waals surface area contributed by atoms with Crippen LogP contribution in [0.15, 0.2) is 34.9 Å². The lowest BCUT2D eigenvalue weighted by molar-refractivity contribution is -0.142. The number of halogens is 1. The maximum Gasteiger partial charge on any atom is 0.306 e. The number of rotatable bonds is 7. The summed E-state index contributed by atoms with van der Waals surface area (Å²) in [7, 11) is 0. The van der Waals surface area contributed by atoms with E-state index in [2.05, 4.69) is 10.1 Å². The Balaban J connectivity index is 1.53. The second-order valence-electron chi connectivity index (χ2n) is 7.22. The standard InChI is InChI=1S/C23H23FN2O4/c1-13-11-19(16(4)15(3)14(13)2)20(27)12-29-22(28)10-9-21-25-23(26-30-21)17-5-7-18(24)8-6-17/h5-8,11H,9-10,12H2,1-4H3. The number of aryl methyl sites for hydroxylation is 2. The summed E-state index contributed by atoms with van der Waals surface area (Å²) in [6.07, 6.45) is 0.187. The summed E-state index contributed by atoms with van der Waals surface area (Å²) in [5.74, 6) is -0.537. The number of carbonyl (C=O) groups is 2. The number of ketones is 1. The summed E-state index contributed by atoms with van der Waals surface area (Å²) in [6.45, 7) is 7.53. The summed E-state index contributed by atoms with van der Waals surface area (Å²) < 4.78 is 23.2. The van der Waals surface area contributed by atoms with Crippen molar-refractivity contribution in [2.75, 3.05) is 6.61 Å². The van der Waals surface area contributed by atoms with E-state index in [9.17, 15) is 14.0 Å². The van der Waals surface area contributed by atoms with Gasteiger partial charge in [0.05, 0.1) is 6.42 Å². The SMILES string of the molecule is Cc1cc(C(=O)COC(=O)CCc2nc(-c3ccc(F)cc3)no2)c(C)c(C)c1C. The molecule has 0 spiro atoms. The second-order valence-corrected chi connectivity index (χ2v) is 7.22. The Morgan fingerprint density at radius 3 is 2.43 bits per heavy atom. The topological polar surface area (TPSA) is 82.3 Å². The van der Waals surface area contributed by atoms with Crippen LogP contribution in [0.3, 0.4) is 0 Å². The van der Waals surface area contributed by atoms with Crippen LogP contribution in [-0.2, 0) is 16.0 Å². The highest BCUT2D eigenvalue weighted by molar-refractivity contribution is 5.99. The number of ether oxygens (including phenoxy) is 1. The number of aromatic nitrogens is 2. The third-order valence-electron chi connectivity index (χ3n) is 5.26. The van der Waals surface area contributed by atoms with Gasteiger partial charge in [0, 0.05) is 17.5 Å². The number of nitrogens with zero attached hydrogens (tertiary/aromatic N) is 2. The highest BCUT2D eigenvalue weighted by atomic mass is 19.1. The van der Waals surface area contributed by atoms with Crippen LogP contribution >= 0.6 is 0 Å². The van der Waals surface area contributed by atoms with E-state index in [0.717, 1.165) is 22.3 Å². The van der Waals surface area contributed by atoms with Crippen molar-refractivity contribution in [2.45, 2.75) is 40.5 Å². The van der Waals surface area contributed by atoms with Crippen molar-refractivity contribution in [1.82, 2.24) is 10.1 Å². The van der Waals surface area contributed by atoms with Crippen molar-refractivity contribution in [3.8, 4) is 11.4 Å². The van der Waals surface area contributed by atoms with E-state index in [1.54, 1.807) is 12.1 Å². The molecule has 0 amide bonds. The molecule has 1 aromatic heterocycles. The molecule has 30 heavy (non-hydrogen) atoms. The summed E-state index contributed by atoms with van der Waals surface area (Å²) in [6, 6.07) is 7.53. The third-order valence-corrected chi connectivity index (χ3v) is 5.26. The Morgan fingerprint density at radius 2 is 1.73 bits per heavy atom. The monoisotopic (exact) mass is 410 g/mol. The molecule has 0 aliphatic rings. The Kier molecular flexibility index (Phi) is 6.40. The van der Waals surface area contributed by atoms with E-state index in [4.69, 9.17) is 9.26 Å². The van der Waals surface area contributed by atoms with Gasteiger partial charge in [-0.2, -0.15) is 4.98 Å². The number of esters is 1. The van der Waals surface area contributed by atoms with Crippen LogP contribution in [0.25, 0.3) is 11.4 Å². The minimum atomic E-state index is -0.525. The maximum atomic E-state index is 13.0. The molecule has 0 saturated carbocycles. The molecule has 0 atom stereocenters. The van der Waals surface area contributed by atoms with Crippen molar-refractivity contribution in [3.63, 3.8) is 0 Å². The van der Waals surface area contributed by atoms with E-state index in [-0.39, 0.29) is 36.9 Å². The Bertz CT molecular complexity index is 1090. The van der Waals surface area contributed by atoms with Crippen LogP contribution in [0, 0.1) is 33.5 Å². The largest absolute Gasteiger partial charge is 0.457 e. The van der Waals surface area contributed by atoms with Crippen LogP contribution in [0.5, 0.6) is 0 Å². The lowest BCUT2D eigenvalue weighted by Gasteiger charge is -2.13. The van der Waals surface area contributed by atoms with E-state index in [1.165, 1.54) is 12.1 Å². The van der Waals surface area contributed by atoms with Crippen LogP contribution < -0.4 is 0 Å². The normalized spacial score (nSPS) is 10.8. The van der Waals surface area contributed by atoms with Crippen molar-refractivity contribution in [3.05, 3.63) is 69.9 Å². The molecule has 0 fully saturated rings. The van der Waals surface area contributed by atoms with Crippen LogP contribution in [0.1, 0.15) is 44.9 Å². The van der Waals surface area contributed by atoms with Crippen LogP contribution in [-0.4, -0.2) is 28.5 Å². The van der Waals surface area contributed by atoms with E-state index >= 15 is 0 Å². The fraction of sp³-hybridized carbons (Fsp3) is 0.304. The fourth-order valence-corrected chi connectivity index (χ4v) is 3.08. The molecule has 0 bridgehead atoms. The molecule has 0 aliphatic heterocycles. The summed E-state index contributed by atoms with van der Waals surface area (Å²) in [5, 5.41) is 3.83. The highest BCUT2D eigenvalue weighted by Crippen LogP contribution is 2.22. The predicted molar refractivity (Wildman–Crippen MR) is 109 cm³/mol. The minimum absolute atomic E-state index is 0.00324. The predicted octanol–water partition coefficient (Wildman–Crippen LogP) is 4.47. The van der Waals surface area contributed by atoms with Gasteiger partial charge in [0.1, 0.15) is 5.82 Å². The van der Waals surface area contributed by atoms with E-state index in [0.29, 0.717) is 17.0 Å². The molecule has 1 heterocycles.